The summed E-state index contributed by atoms with van der Waals surface area (Å²) in [4.78, 5) is 0. The zero-order valence-electron chi connectivity index (χ0n) is 4.69. The molecule has 6 heavy (non-hydrogen) atoms. The zero-order chi connectivity index (χ0) is 4.28. The molecule has 0 aromatic heterocycles. The van der Waals surface area contributed by atoms with Crippen molar-refractivity contribution in [3.05, 3.63) is 0 Å². The normalized spacial score (nSPS) is 12.5. The van der Waals surface area contributed by atoms with Crippen LogP contribution in [-0.4, -0.2) is 6.10 Å². The van der Waals surface area contributed by atoms with Gasteiger partial charge in [-0.25, -0.2) is 0 Å². The van der Waals surface area contributed by atoms with E-state index in [1.54, 1.807) is 6.92 Å². The van der Waals surface area contributed by atoms with Gasteiger partial charge in [-0.3, -0.25) is 0 Å². The molecule has 0 aliphatic rings. The molecule has 0 rings (SSSR count). The minimum absolute atomic E-state index is 0. The third kappa shape index (κ3) is 8.88. The van der Waals surface area contributed by atoms with E-state index in [0.29, 0.717) is 0 Å². The Balaban J connectivity index is 0. The van der Waals surface area contributed by atoms with Crippen molar-refractivity contribution in [2.24, 2.45) is 0 Å². The van der Waals surface area contributed by atoms with Gasteiger partial charge in [0.1, 0.15) is 0 Å². The standard InChI is InChI=1S/C4H9O.Na/c1-3-4(2)5;/h4H,3H2,1-2H3;/q-1;+1. The van der Waals surface area contributed by atoms with E-state index in [-0.39, 0.29) is 35.7 Å². The summed E-state index contributed by atoms with van der Waals surface area (Å²) in [7, 11) is 0. The Bertz CT molecular complexity index is 21.5. The number of rotatable bonds is 1. The van der Waals surface area contributed by atoms with Gasteiger partial charge in [0.05, 0.1) is 0 Å². The average Bonchev–Trinajstić information content (AvgIpc) is 1.38. The molecule has 1 atom stereocenters. The van der Waals surface area contributed by atoms with Crippen LogP contribution in [0.3, 0.4) is 0 Å². The van der Waals surface area contributed by atoms with Crippen molar-refractivity contribution in [1.82, 2.24) is 0 Å². The van der Waals surface area contributed by atoms with E-state index >= 15 is 0 Å². The first-order chi connectivity index (χ1) is 2.27. The van der Waals surface area contributed by atoms with Crippen LogP contribution in [-0.2, 0) is 0 Å². The van der Waals surface area contributed by atoms with Crippen LogP contribution < -0.4 is 34.7 Å². The Morgan fingerprint density at radius 3 is 1.83 bits per heavy atom. The average molecular weight is 96.1 g/mol. The van der Waals surface area contributed by atoms with Gasteiger partial charge in [0.15, 0.2) is 0 Å². The molecule has 0 spiro atoms. The van der Waals surface area contributed by atoms with Gasteiger partial charge in [-0.1, -0.05) is 20.3 Å². The summed E-state index contributed by atoms with van der Waals surface area (Å²) in [6, 6.07) is 0. The third-order valence-electron chi connectivity index (χ3n) is 0.575. The summed E-state index contributed by atoms with van der Waals surface area (Å²) in [6.07, 6.45) is 0.384. The summed E-state index contributed by atoms with van der Waals surface area (Å²) < 4.78 is 0. The Hall–Kier alpha value is 0.960. The van der Waals surface area contributed by atoms with Gasteiger partial charge in [0.25, 0.3) is 0 Å². The van der Waals surface area contributed by atoms with Crippen molar-refractivity contribution >= 4 is 0 Å². The van der Waals surface area contributed by atoms with E-state index in [1.807, 2.05) is 6.92 Å². The van der Waals surface area contributed by atoms with E-state index < -0.39 is 0 Å². The predicted molar refractivity (Wildman–Crippen MR) is 19.8 cm³/mol. The van der Waals surface area contributed by atoms with Crippen LogP contribution >= 0.6 is 0 Å². The molecular weight excluding hydrogens is 87.0 g/mol. The smallest absolute Gasteiger partial charge is 0.852 e. The molecule has 0 aliphatic carbocycles. The van der Waals surface area contributed by atoms with Crippen molar-refractivity contribution < 1.29 is 34.7 Å². The second-order valence-electron chi connectivity index (χ2n) is 1.22. The van der Waals surface area contributed by atoms with Crippen molar-refractivity contribution in [3.63, 3.8) is 0 Å². The van der Waals surface area contributed by atoms with Crippen molar-refractivity contribution in [2.75, 3.05) is 0 Å². The van der Waals surface area contributed by atoms with Gasteiger partial charge in [-0.2, -0.15) is 0 Å². The first-order valence-corrected chi connectivity index (χ1v) is 1.93. The molecule has 0 aliphatic heterocycles. The molecule has 1 unspecified atom stereocenters. The van der Waals surface area contributed by atoms with E-state index in [2.05, 4.69) is 0 Å². The topological polar surface area (TPSA) is 23.1 Å². The predicted octanol–water partition coefficient (Wildman–Crippen LogP) is -2.85. The molecule has 2 heteroatoms. The van der Waals surface area contributed by atoms with Crippen molar-refractivity contribution in [1.29, 1.82) is 0 Å². The summed E-state index contributed by atoms with van der Waals surface area (Å²) in [5.41, 5.74) is 0. The third-order valence-corrected chi connectivity index (χ3v) is 0.575. The van der Waals surface area contributed by atoms with Crippen LogP contribution in [0.5, 0.6) is 0 Å². The second kappa shape index (κ2) is 5.96. The van der Waals surface area contributed by atoms with Crippen LogP contribution in [0.4, 0.5) is 0 Å². The minimum Gasteiger partial charge on any atom is -0.852 e. The maximum Gasteiger partial charge on any atom is 1.00 e. The molecule has 0 saturated heterocycles. The molecule has 0 aromatic rings. The number of hydrogen-bond donors (Lipinski definition) is 0. The van der Waals surface area contributed by atoms with Gasteiger partial charge in [0.2, 0.25) is 0 Å². The zero-order valence-corrected chi connectivity index (χ0v) is 6.69. The monoisotopic (exact) mass is 96.1 g/mol. The molecular formula is C4H9NaO. The Morgan fingerprint density at radius 2 is 1.83 bits per heavy atom. The fraction of sp³-hybridized carbons (Fsp3) is 1.00. The maximum absolute atomic E-state index is 9.90. The number of hydrogen-bond acceptors (Lipinski definition) is 1. The van der Waals surface area contributed by atoms with E-state index in [1.165, 1.54) is 0 Å². The van der Waals surface area contributed by atoms with Gasteiger partial charge >= 0.3 is 29.6 Å². The van der Waals surface area contributed by atoms with Gasteiger partial charge in [-0.05, 0) is 0 Å². The Kier molecular flexibility index (Phi) is 9.98. The van der Waals surface area contributed by atoms with Crippen molar-refractivity contribution in [2.45, 2.75) is 26.4 Å². The molecule has 0 aromatic carbocycles. The first kappa shape index (κ1) is 10.0. The largest absolute Gasteiger partial charge is 1.00 e. The molecule has 1 nitrogen and oxygen atoms in total. The summed E-state index contributed by atoms with van der Waals surface area (Å²) in [5, 5.41) is 9.90. The Morgan fingerprint density at radius 1 is 1.67 bits per heavy atom. The quantitative estimate of drug-likeness (QED) is 0.322. The molecule has 0 bridgehead atoms. The molecule has 0 amide bonds. The Labute approximate surface area is 61.0 Å². The molecule has 0 heterocycles. The van der Waals surface area contributed by atoms with Crippen LogP contribution in [0, 0.1) is 0 Å². The van der Waals surface area contributed by atoms with E-state index in [4.69, 9.17) is 0 Å². The van der Waals surface area contributed by atoms with Crippen molar-refractivity contribution in [3.8, 4) is 0 Å². The van der Waals surface area contributed by atoms with Crippen LogP contribution in [0.25, 0.3) is 0 Å². The summed E-state index contributed by atoms with van der Waals surface area (Å²) >= 11 is 0. The second-order valence-corrected chi connectivity index (χ2v) is 1.22. The van der Waals surface area contributed by atoms with Crippen LogP contribution in [0.1, 0.15) is 20.3 Å². The van der Waals surface area contributed by atoms with Crippen LogP contribution in [0.15, 0.2) is 0 Å². The minimum atomic E-state index is -0.366. The van der Waals surface area contributed by atoms with E-state index in [0.717, 1.165) is 6.42 Å². The molecule has 0 saturated carbocycles. The summed E-state index contributed by atoms with van der Waals surface area (Å²) in [5.74, 6) is 0. The molecule has 0 fully saturated rings. The van der Waals surface area contributed by atoms with Gasteiger partial charge < -0.3 is 5.11 Å². The fourth-order valence-electron chi connectivity index (χ4n) is 0. The molecule has 0 radical (unpaired) electrons. The van der Waals surface area contributed by atoms with Crippen LogP contribution in [0.2, 0.25) is 0 Å². The molecule has 32 valence electrons. The first-order valence-electron chi connectivity index (χ1n) is 1.93. The van der Waals surface area contributed by atoms with E-state index in [9.17, 15) is 5.11 Å². The maximum atomic E-state index is 9.90. The molecule has 0 N–H and O–H groups in total. The van der Waals surface area contributed by atoms with Gasteiger partial charge in [-0.15, -0.1) is 6.10 Å². The summed E-state index contributed by atoms with van der Waals surface area (Å²) in [6.45, 7) is 3.55. The SMILES string of the molecule is CCC(C)[O-].[Na+]. The fourth-order valence-corrected chi connectivity index (χ4v) is 0. The van der Waals surface area contributed by atoms with Gasteiger partial charge in [0, 0.05) is 0 Å².